The number of rotatable bonds is 9. The first-order valence-corrected chi connectivity index (χ1v) is 11.8. The maximum Gasteiger partial charge on any atom is 0.286 e. The van der Waals surface area contributed by atoms with Gasteiger partial charge < -0.3 is 9.51 Å². The van der Waals surface area contributed by atoms with Gasteiger partial charge in [-0.1, -0.05) is 37.1 Å². The second-order valence-corrected chi connectivity index (χ2v) is 8.65. The molecule has 34 heavy (non-hydrogen) atoms. The molecule has 12 heteroatoms. The van der Waals surface area contributed by atoms with Crippen LogP contribution in [0.2, 0.25) is 0 Å². The minimum absolute atomic E-state index is 0.0508. The molecule has 178 valence electrons. The fourth-order valence-corrected chi connectivity index (χ4v) is 4.04. The van der Waals surface area contributed by atoms with E-state index in [1.807, 2.05) is 0 Å². The second kappa shape index (κ2) is 10.2. The molecule has 10 nitrogen and oxygen atoms in total. The Bertz CT molecular complexity index is 1430. The molecule has 4 rings (SSSR count). The highest BCUT2D eigenvalue weighted by Crippen LogP contribution is 2.12. The van der Waals surface area contributed by atoms with Gasteiger partial charge >= 0.3 is 0 Å². The average molecular weight is 531 g/mol. The lowest BCUT2D eigenvalue weighted by atomic mass is 10.1. The smallest absolute Gasteiger partial charge is 0.286 e. The van der Waals surface area contributed by atoms with Gasteiger partial charge in [-0.15, -0.1) is 0 Å². The van der Waals surface area contributed by atoms with E-state index in [0.717, 1.165) is 29.4 Å². The summed E-state index contributed by atoms with van der Waals surface area (Å²) >= 11 is 3.26. The number of halogens is 2. The molecule has 0 fully saturated rings. The van der Waals surface area contributed by atoms with E-state index in [2.05, 4.69) is 43.0 Å². The van der Waals surface area contributed by atoms with Crippen molar-refractivity contribution >= 4 is 32.9 Å². The van der Waals surface area contributed by atoms with Crippen molar-refractivity contribution in [2.24, 2.45) is 0 Å². The maximum absolute atomic E-state index is 13.1. The lowest BCUT2D eigenvalue weighted by molar-refractivity contribution is 0.375. The molecule has 0 aliphatic heterocycles. The molecular formula is C22H24BrFN8O2. The minimum atomic E-state index is -0.502. The number of hydrogen-bond donors (Lipinski definition) is 3. The van der Waals surface area contributed by atoms with E-state index in [1.165, 1.54) is 12.1 Å². The molecule has 0 atom stereocenters. The SMILES string of the molecule is CCCCCn1c(=N)n(C(=N)CCc2nc(Cc3ccc(F)cc3)no2)c(=O)c2[nH]c(Br)nc21. The van der Waals surface area contributed by atoms with Crippen LogP contribution in [0.5, 0.6) is 0 Å². The van der Waals surface area contributed by atoms with E-state index in [4.69, 9.17) is 15.3 Å². The Balaban J connectivity index is 1.53. The largest absolute Gasteiger partial charge is 0.339 e. The summed E-state index contributed by atoms with van der Waals surface area (Å²) in [6, 6.07) is 6.06. The van der Waals surface area contributed by atoms with E-state index in [9.17, 15) is 9.18 Å². The normalized spacial score (nSPS) is 11.4. The molecule has 3 aromatic heterocycles. The van der Waals surface area contributed by atoms with Crippen molar-refractivity contribution in [1.29, 1.82) is 10.8 Å². The quantitative estimate of drug-likeness (QED) is 0.131. The minimum Gasteiger partial charge on any atom is -0.339 e. The van der Waals surface area contributed by atoms with Crippen LogP contribution >= 0.6 is 15.9 Å². The molecular weight excluding hydrogens is 507 g/mol. The molecule has 0 radical (unpaired) electrons. The van der Waals surface area contributed by atoms with Gasteiger partial charge in [-0.3, -0.25) is 20.2 Å². The van der Waals surface area contributed by atoms with Crippen molar-refractivity contribution in [3.05, 3.63) is 68.1 Å². The molecule has 0 spiro atoms. The highest BCUT2D eigenvalue weighted by Gasteiger charge is 2.18. The van der Waals surface area contributed by atoms with E-state index in [0.29, 0.717) is 35.1 Å². The van der Waals surface area contributed by atoms with Crippen molar-refractivity contribution < 1.29 is 8.91 Å². The van der Waals surface area contributed by atoms with Crippen LogP contribution in [0.1, 0.15) is 49.9 Å². The number of imidazole rings is 1. The Morgan fingerprint density at radius 1 is 1.24 bits per heavy atom. The summed E-state index contributed by atoms with van der Waals surface area (Å²) in [5.74, 6) is 0.407. The number of nitrogens with zero attached hydrogens (tertiary/aromatic N) is 5. The number of aromatic nitrogens is 6. The topological polar surface area (TPSA) is 142 Å². The van der Waals surface area contributed by atoms with Gasteiger partial charge in [-0.05, 0) is 40.0 Å². The molecule has 0 bridgehead atoms. The maximum atomic E-state index is 13.1. The van der Waals surface area contributed by atoms with Crippen molar-refractivity contribution in [3.8, 4) is 0 Å². The summed E-state index contributed by atoms with van der Waals surface area (Å²) in [5, 5.41) is 21.1. The van der Waals surface area contributed by atoms with Gasteiger partial charge in [0.1, 0.15) is 11.7 Å². The first-order valence-electron chi connectivity index (χ1n) is 11.0. The Morgan fingerprint density at radius 2 is 2.00 bits per heavy atom. The van der Waals surface area contributed by atoms with Crippen LogP contribution in [0, 0.1) is 16.6 Å². The first-order chi connectivity index (χ1) is 16.4. The third-order valence-electron chi connectivity index (χ3n) is 5.41. The van der Waals surface area contributed by atoms with Crippen LogP contribution in [0.3, 0.4) is 0 Å². The summed E-state index contributed by atoms with van der Waals surface area (Å²) in [7, 11) is 0. The molecule has 4 aromatic rings. The third kappa shape index (κ3) is 5.06. The zero-order chi connectivity index (χ0) is 24.2. The molecule has 0 saturated carbocycles. The highest BCUT2D eigenvalue weighted by molar-refractivity contribution is 9.10. The summed E-state index contributed by atoms with van der Waals surface area (Å²) < 4.78 is 21.5. The Labute approximate surface area is 202 Å². The van der Waals surface area contributed by atoms with Crippen molar-refractivity contribution in [1.82, 2.24) is 29.2 Å². The number of aryl methyl sites for hydroxylation is 2. The number of nitrogens with one attached hydrogen (secondary N) is 3. The number of hydrogen-bond acceptors (Lipinski definition) is 7. The van der Waals surface area contributed by atoms with E-state index in [1.54, 1.807) is 16.7 Å². The van der Waals surface area contributed by atoms with Crippen molar-refractivity contribution in [2.45, 2.75) is 52.0 Å². The number of benzene rings is 1. The summed E-state index contributed by atoms with van der Waals surface area (Å²) in [6.45, 7) is 2.61. The van der Waals surface area contributed by atoms with E-state index >= 15 is 0 Å². The standard InChI is InChI=1S/C22H24BrFN8O2/c1-2-3-4-11-31-19-18(28-21(23)29-19)20(33)32(22(31)26)15(25)9-10-17-27-16(30-34-17)12-13-5-7-14(24)8-6-13/h5-8,25-26H,2-4,9-12H2,1H3,(H,28,29). The van der Waals surface area contributed by atoms with Gasteiger partial charge in [-0.2, -0.15) is 4.98 Å². The van der Waals surface area contributed by atoms with E-state index < -0.39 is 5.56 Å². The van der Waals surface area contributed by atoms with Crippen LogP contribution in [-0.4, -0.2) is 35.1 Å². The Hall–Kier alpha value is -3.41. The number of aromatic amines is 1. The predicted octanol–water partition coefficient (Wildman–Crippen LogP) is 3.53. The molecule has 0 saturated heterocycles. The molecule has 0 amide bonds. The molecule has 1 aromatic carbocycles. The summed E-state index contributed by atoms with van der Waals surface area (Å²) in [5.41, 5.74) is 0.879. The fourth-order valence-electron chi connectivity index (χ4n) is 3.68. The molecule has 0 aliphatic carbocycles. The second-order valence-electron chi connectivity index (χ2n) is 7.90. The van der Waals surface area contributed by atoms with Crippen LogP contribution in [0.25, 0.3) is 11.2 Å². The third-order valence-corrected chi connectivity index (χ3v) is 5.79. The molecule has 3 heterocycles. The van der Waals surface area contributed by atoms with Gasteiger partial charge in [0, 0.05) is 25.8 Å². The van der Waals surface area contributed by atoms with Crippen LogP contribution < -0.4 is 11.2 Å². The molecule has 0 aliphatic rings. The van der Waals surface area contributed by atoms with Crippen LogP contribution in [0.4, 0.5) is 4.39 Å². The van der Waals surface area contributed by atoms with Gasteiger partial charge in [0.15, 0.2) is 21.7 Å². The van der Waals surface area contributed by atoms with Gasteiger partial charge in [0.25, 0.3) is 5.56 Å². The lowest BCUT2D eigenvalue weighted by Crippen LogP contribution is -2.44. The fraction of sp³-hybridized carbons (Fsp3) is 0.364. The summed E-state index contributed by atoms with van der Waals surface area (Å²) in [4.78, 5) is 24.6. The van der Waals surface area contributed by atoms with Gasteiger partial charge in [-0.25, -0.2) is 13.9 Å². The molecule has 0 unspecified atom stereocenters. The number of unbranched alkanes of at least 4 members (excludes halogenated alkanes) is 2. The Morgan fingerprint density at radius 3 is 2.74 bits per heavy atom. The van der Waals surface area contributed by atoms with Gasteiger partial charge in [0.2, 0.25) is 11.5 Å². The Kier molecular flexibility index (Phi) is 7.15. The van der Waals surface area contributed by atoms with E-state index in [-0.39, 0.29) is 35.6 Å². The monoisotopic (exact) mass is 530 g/mol. The first kappa shape index (κ1) is 23.7. The van der Waals surface area contributed by atoms with Gasteiger partial charge in [0.05, 0.1) is 0 Å². The van der Waals surface area contributed by atoms with Crippen molar-refractivity contribution in [3.63, 3.8) is 0 Å². The van der Waals surface area contributed by atoms with Crippen LogP contribution in [0.15, 0.2) is 38.3 Å². The summed E-state index contributed by atoms with van der Waals surface area (Å²) in [6.07, 6.45) is 3.58. The average Bonchev–Trinajstić information content (AvgIpc) is 3.42. The zero-order valence-electron chi connectivity index (χ0n) is 18.6. The number of fused-ring (bicyclic) bond motifs is 1. The van der Waals surface area contributed by atoms with Crippen LogP contribution in [-0.2, 0) is 19.4 Å². The predicted molar refractivity (Wildman–Crippen MR) is 126 cm³/mol. The highest BCUT2D eigenvalue weighted by atomic mass is 79.9. The van der Waals surface area contributed by atoms with Crippen molar-refractivity contribution in [2.75, 3.05) is 0 Å². The number of H-pyrrole nitrogens is 1. The zero-order valence-corrected chi connectivity index (χ0v) is 20.2. The molecule has 3 N–H and O–H groups in total. The lowest BCUT2D eigenvalue weighted by Gasteiger charge is -2.13.